The van der Waals surface area contributed by atoms with Crippen molar-refractivity contribution < 1.29 is 0 Å². The van der Waals surface area contributed by atoms with E-state index in [1.807, 2.05) is 0 Å². The minimum atomic E-state index is 0.561. The molecular weight excluding hydrogens is 937 g/mol. The zero-order valence-electron chi connectivity index (χ0n) is 41.6. The highest BCUT2D eigenvalue weighted by molar-refractivity contribution is 6.29. The molecule has 358 valence electrons. The largest absolute Gasteiger partial charge is 0.309 e. The Labute approximate surface area is 442 Å². The summed E-state index contributed by atoms with van der Waals surface area (Å²) < 4.78 is 7.13. The predicted molar refractivity (Wildman–Crippen MR) is 320 cm³/mol. The van der Waals surface area contributed by atoms with Crippen LogP contribution < -0.4 is 0 Å². The van der Waals surface area contributed by atoms with Gasteiger partial charge in [0, 0.05) is 54.8 Å². The lowest BCUT2D eigenvalue weighted by Gasteiger charge is -2.14. The SMILES string of the molecule is c1ccc(-c2cc(-c3ccccc3)cc(-n3c4ccccc4c4c5c6ccccc6n(-c6ccc7c(c6)c6ccccc6n7-c6nc(-c7ccc8ccccc8c7)nc(-c7ccc8ccccc8c7)n6)c5ccc43)c2)cc1. The molecule has 4 heterocycles. The minimum Gasteiger partial charge on any atom is -0.309 e. The van der Waals surface area contributed by atoms with Gasteiger partial charge in [-0.15, -0.1) is 0 Å². The Morgan fingerprint density at radius 2 is 0.649 bits per heavy atom. The van der Waals surface area contributed by atoms with Gasteiger partial charge in [0.1, 0.15) is 0 Å². The van der Waals surface area contributed by atoms with Crippen LogP contribution in [0.4, 0.5) is 0 Å². The summed E-state index contributed by atoms with van der Waals surface area (Å²) in [5.74, 6) is 1.79. The predicted octanol–water partition coefficient (Wildman–Crippen LogP) is 18.1. The van der Waals surface area contributed by atoms with E-state index in [0.717, 1.165) is 77.1 Å². The molecule has 16 aromatic rings. The van der Waals surface area contributed by atoms with E-state index in [9.17, 15) is 0 Å². The highest BCUT2D eigenvalue weighted by Crippen LogP contribution is 2.44. The Balaban J connectivity index is 0.907. The second kappa shape index (κ2) is 17.1. The summed E-state index contributed by atoms with van der Waals surface area (Å²) in [6.07, 6.45) is 0. The van der Waals surface area contributed by atoms with E-state index in [1.54, 1.807) is 0 Å². The molecule has 16 rings (SSSR count). The monoisotopic (exact) mass is 980 g/mol. The normalized spacial score (nSPS) is 11.9. The molecule has 12 aromatic carbocycles. The molecule has 0 aliphatic rings. The number of para-hydroxylation sites is 3. The van der Waals surface area contributed by atoms with E-state index in [1.165, 1.54) is 54.6 Å². The van der Waals surface area contributed by atoms with Gasteiger partial charge in [0.25, 0.3) is 0 Å². The van der Waals surface area contributed by atoms with E-state index in [4.69, 9.17) is 15.0 Å². The lowest BCUT2D eigenvalue weighted by atomic mass is 9.98. The molecule has 0 fully saturated rings. The number of benzene rings is 12. The first-order valence-corrected chi connectivity index (χ1v) is 26.2. The molecule has 0 amide bonds. The van der Waals surface area contributed by atoms with Crippen LogP contribution in [-0.2, 0) is 0 Å². The van der Waals surface area contributed by atoms with Gasteiger partial charge < -0.3 is 9.13 Å². The topological polar surface area (TPSA) is 53.5 Å². The average Bonchev–Trinajstić information content (AvgIpc) is 4.36. The summed E-state index contributed by atoms with van der Waals surface area (Å²) in [7, 11) is 0. The number of nitrogens with zero attached hydrogens (tertiary/aromatic N) is 6. The van der Waals surface area contributed by atoms with Crippen LogP contribution >= 0.6 is 0 Å². The number of aromatic nitrogens is 6. The molecular formula is C71H44N6. The van der Waals surface area contributed by atoms with Gasteiger partial charge in [0.05, 0.1) is 33.1 Å². The van der Waals surface area contributed by atoms with E-state index < -0.39 is 0 Å². The van der Waals surface area contributed by atoms with Crippen molar-refractivity contribution in [3.63, 3.8) is 0 Å². The molecule has 6 nitrogen and oxygen atoms in total. The van der Waals surface area contributed by atoms with Gasteiger partial charge in [-0.25, -0.2) is 4.98 Å². The van der Waals surface area contributed by atoms with Crippen LogP contribution in [-0.4, -0.2) is 28.7 Å². The molecule has 0 atom stereocenters. The fourth-order valence-electron chi connectivity index (χ4n) is 12.1. The zero-order chi connectivity index (χ0) is 50.6. The summed E-state index contributed by atoms with van der Waals surface area (Å²) in [6, 6.07) is 96.1. The van der Waals surface area contributed by atoms with Crippen LogP contribution in [0, 0.1) is 0 Å². The van der Waals surface area contributed by atoms with Crippen molar-refractivity contribution in [3.05, 3.63) is 267 Å². The van der Waals surface area contributed by atoms with E-state index >= 15 is 0 Å². The summed E-state index contributed by atoms with van der Waals surface area (Å²) in [4.78, 5) is 15.9. The van der Waals surface area contributed by atoms with Crippen LogP contribution in [0.5, 0.6) is 0 Å². The number of hydrogen-bond donors (Lipinski definition) is 0. The smallest absolute Gasteiger partial charge is 0.238 e. The molecule has 77 heavy (non-hydrogen) atoms. The third-order valence-corrected chi connectivity index (χ3v) is 15.6. The van der Waals surface area contributed by atoms with Crippen molar-refractivity contribution in [1.82, 2.24) is 28.7 Å². The molecule has 0 spiro atoms. The average molecular weight is 981 g/mol. The number of hydrogen-bond acceptors (Lipinski definition) is 3. The summed E-state index contributed by atoms with van der Waals surface area (Å²) in [5, 5.41) is 11.7. The molecule has 0 saturated carbocycles. The van der Waals surface area contributed by atoms with Crippen molar-refractivity contribution in [1.29, 1.82) is 0 Å². The van der Waals surface area contributed by atoms with Crippen molar-refractivity contribution >= 4 is 87.0 Å². The van der Waals surface area contributed by atoms with E-state index in [-0.39, 0.29) is 0 Å². The number of fused-ring (bicyclic) bond motifs is 12. The second-order valence-corrected chi connectivity index (χ2v) is 20.0. The molecule has 0 N–H and O–H groups in total. The summed E-state index contributed by atoms with van der Waals surface area (Å²) >= 11 is 0. The molecule has 0 aliphatic heterocycles. The van der Waals surface area contributed by atoms with Crippen LogP contribution in [0.15, 0.2) is 267 Å². The molecule has 6 heteroatoms. The Kier molecular flexibility index (Phi) is 9.53. The Bertz CT molecular complexity index is 4890. The second-order valence-electron chi connectivity index (χ2n) is 20.0. The zero-order valence-corrected chi connectivity index (χ0v) is 41.6. The fraction of sp³-hybridized carbons (Fsp3) is 0. The van der Waals surface area contributed by atoms with Crippen molar-refractivity contribution in [3.8, 4) is 62.4 Å². The van der Waals surface area contributed by atoms with Gasteiger partial charge in [0.15, 0.2) is 11.6 Å². The molecule has 4 aromatic heterocycles. The quantitative estimate of drug-likeness (QED) is 0.160. The third-order valence-electron chi connectivity index (χ3n) is 15.6. The lowest BCUT2D eigenvalue weighted by molar-refractivity contribution is 0.953. The molecule has 0 saturated heterocycles. The standard InChI is InChI=1S/C71H44N6/c1-3-17-45(18-4-1)53-41-54(46-19-5-2-6-20-46)43-56(42-53)76-63-30-16-13-27-59(63)68-66(76)38-37-65-67(68)58-26-12-15-29-62(58)75(65)55-35-36-64-60(44-55)57-25-11-14-28-61(57)77(64)71-73-69(51-33-31-47-21-7-9-23-49(47)39-51)72-70(74-71)52-34-32-48-22-8-10-24-50(48)40-52/h1-44H. The Hall–Kier alpha value is -10.4. The van der Waals surface area contributed by atoms with Gasteiger partial charge in [-0.2, -0.15) is 9.97 Å². The van der Waals surface area contributed by atoms with Crippen molar-refractivity contribution in [2.75, 3.05) is 0 Å². The maximum atomic E-state index is 5.35. The molecule has 0 radical (unpaired) electrons. The van der Waals surface area contributed by atoms with Gasteiger partial charge in [-0.05, 0) is 123 Å². The van der Waals surface area contributed by atoms with Gasteiger partial charge >= 0.3 is 0 Å². The Morgan fingerprint density at radius 3 is 1.19 bits per heavy atom. The first kappa shape index (κ1) is 43.0. The highest BCUT2D eigenvalue weighted by Gasteiger charge is 2.23. The lowest BCUT2D eigenvalue weighted by Crippen LogP contribution is -2.06. The van der Waals surface area contributed by atoms with Crippen LogP contribution in [0.25, 0.3) is 149 Å². The number of rotatable bonds is 7. The third kappa shape index (κ3) is 6.86. The maximum absolute atomic E-state index is 5.35. The van der Waals surface area contributed by atoms with E-state index in [0.29, 0.717) is 17.6 Å². The highest BCUT2D eigenvalue weighted by atomic mass is 15.2. The Morgan fingerprint density at radius 1 is 0.221 bits per heavy atom. The summed E-state index contributed by atoms with van der Waals surface area (Å²) in [6.45, 7) is 0. The van der Waals surface area contributed by atoms with Crippen molar-refractivity contribution in [2.24, 2.45) is 0 Å². The molecule has 0 bridgehead atoms. The maximum Gasteiger partial charge on any atom is 0.238 e. The van der Waals surface area contributed by atoms with Gasteiger partial charge in [0.2, 0.25) is 5.95 Å². The van der Waals surface area contributed by atoms with Gasteiger partial charge in [-0.3, -0.25) is 4.57 Å². The summed E-state index contributed by atoms with van der Waals surface area (Å²) in [5.41, 5.74) is 15.4. The first-order valence-electron chi connectivity index (χ1n) is 26.2. The molecule has 0 aliphatic carbocycles. The first-order chi connectivity index (χ1) is 38.2. The van der Waals surface area contributed by atoms with Crippen LogP contribution in [0.2, 0.25) is 0 Å². The van der Waals surface area contributed by atoms with E-state index in [2.05, 4.69) is 281 Å². The minimum absolute atomic E-state index is 0.561. The van der Waals surface area contributed by atoms with Gasteiger partial charge in [-0.1, -0.05) is 188 Å². The van der Waals surface area contributed by atoms with Crippen molar-refractivity contribution in [2.45, 2.75) is 0 Å². The fourth-order valence-corrected chi connectivity index (χ4v) is 12.1. The van der Waals surface area contributed by atoms with Crippen LogP contribution in [0.3, 0.4) is 0 Å². The van der Waals surface area contributed by atoms with Crippen LogP contribution in [0.1, 0.15) is 0 Å². The molecule has 0 unspecified atom stereocenters.